The molecule has 0 spiro atoms. The monoisotopic (exact) mass is 433 g/mol. The van der Waals surface area contributed by atoms with Gasteiger partial charge in [-0.05, 0) is 49.6 Å². The van der Waals surface area contributed by atoms with Gasteiger partial charge in [-0.25, -0.2) is 0 Å². The Morgan fingerprint density at radius 1 is 0.750 bits per heavy atom. The van der Waals surface area contributed by atoms with Gasteiger partial charge in [0.2, 0.25) is 5.62 Å². The molecule has 4 heteroatoms. The number of fused-ring (bicyclic) bond motifs is 1. The van der Waals surface area contributed by atoms with Crippen LogP contribution in [0.1, 0.15) is 22.3 Å². The number of rotatable bonds is 5. The normalized spacial score (nSPS) is 11.2. The van der Waals surface area contributed by atoms with Gasteiger partial charge in [0.15, 0.2) is 0 Å². The first-order valence-electron chi connectivity index (χ1n) is 9.55. The number of hydrogen-bond acceptors (Lipinski definition) is 1. The van der Waals surface area contributed by atoms with Crippen LogP contribution in [0.15, 0.2) is 71.2 Å². The van der Waals surface area contributed by atoms with E-state index in [4.69, 9.17) is 5.41 Å². The summed E-state index contributed by atoms with van der Waals surface area (Å²) in [5.41, 5.74) is 7.77. The van der Waals surface area contributed by atoms with Crippen LogP contribution < -0.4 is 5.62 Å². The Morgan fingerprint density at radius 3 is 2.00 bits per heavy atom. The van der Waals surface area contributed by atoms with Crippen LogP contribution in [0.3, 0.4) is 0 Å². The minimum absolute atomic E-state index is 0.542. The summed E-state index contributed by atoms with van der Waals surface area (Å²) in [6.07, 6.45) is 0.910. The number of benzene rings is 3. The second-order valence-electron chi connectivity index (χ2n) is 7.42. The van der Waals surface area contributed by atoms with E-state index in [9.17, 15) is 0 Å². The zero-order valence-corrected chi connectivity index (χ0v) is 17.8. The largest absolute Gasteiger partial charge is 0.310 e. The fraction of sp³-hybridized carbons (Fsp3) is 0.208. The van der Waals surface area contributed by atoms with Crippen molar-refractivity contribution in [2.24, 2.45) is 0 Å². The predicted octanol–water partition coefficient (Wildman–Crippen LogP) is 5.59. The quantitative estimate of drug-likeness (QED) is 0.425. The second-order valence-corrected chi connectivity index (χ2v) is 8.33. The van der Waals surface area contributed by atoms with Crippen LogP contribution in [0, 0.1) is 19.3 Å². The Bertz CT molecular complexity index is 1170. The molecule has 0 fully saturated rings. The first kappa shape index (κ1) is 18.8. The third kappa shape index (κ3) is 3.83. The third-order valence-electron chi connectivity index (χ3n) is 5.24. The van der Waals surface area contributed by atoms with Crippen molar-refractivity contribution in [3.05, 3.63) is 99.1 Å². The van der Waals surface area contributed by atoms with E-state index in [-0.39, 0.29) is 0 Å². The molecule has 142 valence electrons. The molecule has 0 radical (unpaired) electrons. The third-order valence-corrected chi connectivity index (χ3v) is 5.73. The molecule has 1 N–H and O–H groups in total. The molecule has 0 aliphatic carbocycles. The van der Waals surface area contributed by atoms with Gasteiger partial charge >= 0.3 is 0 Å². The molecular formula is C24H24BrN3. The lowest BCUT2D eigenvalue weighted by Crippen LogP contribution is -2.25. The Balaban J connectivity index is 1.72. The van der Waals surface area contributed by atoms with E-state index in [1.807, 2.05) is 0 Å². The fourth-order valence-corrected chi connectivity index (χ4v) is 3.92. The Morgan fingerprint density at radius 2 is 1.36 bits per heavy atom. The lowest BCUT2D eigenvalue weighted by atomic mass is 10.1. The standard InChI is InChI=1S/C24H24BrN3/c1-17-3-7-19(8-4-17)13-14-27-23-15-21(25)11-12-22(23)28(24(27)26)16-20-9-5-18(2)6-10-20/h3-12,15,26H,13-14,16H2,1-2H3. The van der Waals surface area contributed by atoms with Crippen LogP contribution in [0.5, 0.6) is 0 Å². The number of aromatic nitrogens is 2. The van der Waals surface area contributed by atoms with E-state index in [0.29, 0.717) is 12.2 Å². The van der Waals surface area contributed by atoms with E-state index in [2.05, 4.69) is 106 Å². The molecule has 28 heavy (non-hydrogen) atoms. The maximum atomic E-state index is 8.85. The van der Waals surface area contributed by atoms with Gasteiger partial charge in [0.25, 0.3) is 0 Å². The van der Waals surface area contributed by atoms with Gasteiger partial charge in [0.05, 0.1) is 17.6 Å². The smallest absolute Gasteiger partial charge is 0.203 e. The number of nitrogens with one attached hydrogen (secondary N) is 1. The molecule has 0 aliphatic heterocycles. The molecule has 1 aromatic heterocycles. The van der Waals surface area contributed by atoms with Crippen molar-refractivity contribution in [3.63, 3.8) is 0 Å². The zero-order valence-electron chi connectivity index (χ0n) is 16.2. The number of aryl methyl sites for hydroxylation is 4. The van der Waals surface area contributed by atoms with Crippen LogP contribution in [0.25, 0.3) is 11.0 Å². The summed E-state index contributed by atoms with van der Waals surface area (Å²) in [7, 11) is 0. The van der Waals surface area contributed by atoms with Crippen molar-refractivity contribution >= 4 is 27.0 Å². The van der Waals surface area contributed by atoms with E-state index in [1.54, 1.807) is 0 Å². The average molecular weight is 434 g/mol. The first-order valence-corrected chi connectivity index (χ1v) is 10.3. The van der Waals surface area contributed by atoms with Gasteiger partial charge in [-0.15, -0.1) is 0 Å². The zero-order chi connectivity index (χ0) is 19.7. The molecule has 0 unspecified atom stereocenters. The Labute approximate surface area is 173 Å². The van der Waals surface area contributed by atoms with Crippen molar-refractivity contribution in [3.8, 4) is 0 Å². The molecule has 0 saturated carbocycles. The Hall–Kier alpha value is -2.59. The van der Waals surface area contributed by atoms with Crippen molar-refractivity contribution in [2.75, 3.05) is 0 Å². The van der Waals surface area contributed by atoms with Crippen molar-refractivity contribution in [1.29, 1.82) is 5.41 Å². The SMILES string of the molecule is Cc1ccc(CCn2c(=N)n(Cc3ccc(C)cc3)c3ccc(Br)cc32)cc1. The summed E-state index contributed by atoms with van der Waals surface area (Å²) >= 11 is 3.60. The van der Waals surface area contributed by atoms with E-state index in [0.717, 1.165) is 28.5 Å². The summed E-state index contributed by atoms with van der Waals surface area (Å²) in [5, 5.41) is 8.85. The molecule has 3 aromatic carbocycles. The highest BCUT2D eigenvalue weighted by molar-refractivity contribution is 9.10. The predicted molar refractivity (Wildman–Crippen MR) is 119 cm³/mol. The minimum atomic E-state index is 0.542. The lowest BCUT2D eigenvalue weighted by Gasteiger charge is -2.06. The van der Waals surface area contributed by atoms with Gasteiger partial charge in [-0.1, -0.05) is 75.6 Å². The topological polar surface area (TPSA) is 33.7 Å². The Kier molecular flexibility index (Phi) is 5.23. The molecular weight excluding hydrogens is 410 g/mol. The van der Waals surface area contributed by atoms with Gasteiger partial charge in [0.1, 0.15) is 0 Å². The summed E-state index contributed by atoms with van der Waals surface area (Å²) in [6.45, 7) is 5.70. The maximum Gasteiger partial charge on any atom is 0.203 e. The van der Waals surface area contributed by atoms with E-state index in [1.165, 1.54) is 22.3 Å². The van der Waals surface area contributed by atoms with Crippen LogP contribution in [-0.4, -0.2) is 9.13 Å². The van der Waals surface area contributed by atoms with E-state index >= 15 is 0 Å². The fourth-order valence-electron chi connectivity index (χ4n) is 3.57. The molecule has 4 aromatic rings. The number of nitrogens with zero attached hydrogens (tertiary/aromatic N) is 2. The van der Waals surface area contributed by atoms with Crippen LogP contribution in [-0.2, 0) is 19.5 Å². The molecule has 0 atom stereocenters. The second kappa shape index (κ2) is 7.80. The molecule has 0 saturated heterocycles. The first-order chi connectivity index (χ1) is 13.5. The molecule has 0 amide bonds. The lowest BCUT2D eigenvalue weighted by molar-refractivity contribution is 0.621. The summed E-state index contributed by atoms with van der Waals surface area (Å²) in [6, 6.07) is 23.5. The minimum Gasteiger partial charge on any atom is -0.310 e. The summed E-state index contributed by atoms with van der Waals surface area (Å²) in [4.78, 5) is 0. The molecule has 3 nitrogen and oxygen atoms in total. The van der Waals surface area contributed by atoms with E-state index < -0.39 is 0 Å². The number of imidazole rings is 1. The average Bonchev–Trinajstić information content (AvgIpc) is 2.94. The molecule has 0 bridgehead atoms. The molecule has 1 heterocycles. The van der Waals surface area contributed by atoms with Crippen LogP contribution >= 0.6 is 15.9 Å². The van der Waals surface area contributed by atoms with Gasteiger partial charge in [-0.2, -0.15) is 0 Å². The van der Waals surface area contributed by atoms with Crippen molar-refractivity contribution in [1.82, 2.24) is 9.13 Å². The van der Waals surface area contributed by atoms with Crippen molar-refractivity contribution in [2.45, 2.75) is 33.4 Å². The maximum absolute atomic E-state index is 8.85. The number of halogens is 1. The van der Waals surface area contributed by atoms with Gasteiger partial charge in [0, 0.05) is 11.0 Å². The number of hydrogen-bond donors (Lipinski definition) is 1. The van der Waals surface area contributed by atoms with Crippen LogP contribution in [0.2, 0.25) is 0 Å². The molecule has 0 aliphatic rings. The van der Waals surface area contributed by atoms with Crippen LogP contribution in [0.4, 0.5) is 0 Å². The highest BCUT2D eigenvalue weighted by atomic mass is 79.9. The highest BCUT2D eigenvalue weighted by Gasteiger charge is 2.12. The van der Waals surface area contributed by atoms with Crippen molar-refractivity contribution < 1.29 is 0 Å². The molecule has 4 rings (SSSR count). The van der Waals surface area contributed by atoms with Gasteiger partial charge < -0.3 is 9.13 Å². The summed E-state index contributed by atoms with van der Waals surface area (Å²) < 4.78 is 5.26. The summed E-state index contributed by atoms with van der Waals surface area (Å²) in [5.74, 6) is 0. The van der Waals surface area contributed by atoms with Gasteiger partial charge in [-0.3, -0.25) is 5.41 Å². The highest BCUT2D eigenvalue weighted by Crippen LogP contribution is 2.21.